The van der Waals surface area contributed by atoms with Gasteiger partial charge in [-0.25, -0.2) is 4.79 Å². The number of aryl methyl sites for hydroxylation is 1. The summed E-state index contributed by atoms with van der Waals surface area (Å²) >= 11 is 0. The highest BCUT2D eigenvalue weighted by Crippen LogP contribution is 2.49. The lowest BCUT2D eigenvalue weighted by Gasteiger charge is -2.40. The zero-order valence-corrected chi connectivity index (χ0v) is 32.7. The highest BCUT2D eigenvalue weighted by atomic mass is 32.2. The summed E-state index contributed by atoms with van der Waals surface area (Å²) in [5.41, 5.74) is 8.05. The molecule has 0 radical (unpaired) electrons. The van der Waals surface area contributed by atoms with Crippen molar-refractivity contribution in [3.8, 4) is 5.75 Å². The van der Waals surface area contributed by atoms with E-state index in [1.807, 2.05) is 13.8 Å². The monoisotopic (exact) mass is 756 g/mol. The van der Waals surface area contributed by atoms with E-state index in [4.69, 9.17) is 9.57 Å². The molecule has 0 aliphatic carbocycles. The molecule has 286 valence electrons. The van der Waals surface area contributed by atoms with Crippen LogP contribution in [0.4, 0.5) is 11.4 Å². The number of imide groups is 1. The van der Waals surface area contributed by atoms with Crippen LogP contribution in [0, 0.1) is 5.41 Å². The number of anilines is 1. The summed E-state index contributed by atoms with van der Waals surface area (Å²) in [6.07, 6.45) is 14.8. The highest BCUT2D eigenvalue weighted by molar-refractivity contribution is 7.85. The molecule has 0 bridgehead atoms. The Hall–Kier alpha value is -4.55. The normalized spacial score (nSPS) is 20.0. The Morgan fingerprint density at radius 1 is 1.02 bits per heavy atom. The van der Waals surface area contributed by atoms with E-state index in [0.29, 0.717) is 30.9 Å². The summed E-state index contributed by atoms with van der Waals surface area (Å²) in [5, 5.41) is 0.575. The molecule has 5 heterocycles. The molecule has 7 rings (SSSR count). The number of allylic oxidation sites excluding steroid dienone is 6. The minimum atomic E-state index is -4.41. The van der Waals surface area contributed by atoms with Gasteiger partial charge in [-0.05, 0) is 87.8 Å². The maximum absolute atomic E-state index is 12.4. The Morgan fingerprint density at radius 3 is 2.44 bits per heavy atom. The number of ether oxygens (including phenoxy) is 1. The van der Waals surface area contributed by atoms with Crippen LogP contribution < -0.4 is 9.64 Å². The first-order chi connectivity index (χ1) is 25.5. The second kappa shape index (κ2) is 14.3. The van der Waals surface area contributed by atoms with Crippen molar-refractivity contribution in [1.29, 1.82) is 0 Å². The molecule has 2 amide bonds. The number of benzene rings is 2. The van der Waals surface area contributed by atoms with E-state index in [-0.39, 0.29) is 29.6 Å². The second-order valence-corrected chi connectivity index (χ2v) is 17.9. The topological polar surface area (TPSA) is 134 Å². The zero-order chi connectivity index (χ0) is 38.6. The third-order valence-corrected chi connectivity index (χ3v) is 12.0. The molecule has 0 aromatic heterocycles. The van der Waals surface area contributed by atoms with E-state index >= 15 is 0 Å². The molecule has 11 nitrogen and oxygen atoms in total. The maximum Gasteiger partial charge on any atom is 0.333 e. The van der Waals surface area contributed by atoms with E-state index in [2.05, 4.69) is 60.6 Å². The second-order valence-electron chi connectivity index (χ2n) is 16.4. The van der Waals surface area contributed by atoms with Crippen molar-refractivity contribution in [2.24, 2.45) is 5.41 Å². The van der Waals surface area contributed by atoms with E-state index in [9.17, 15) is 27.4 Å². The number of hydrogen-bond donors (Lipinski definition) is 1. The van der Waals surface area contributed by atoms with Crippen LogP contribution in [0.1, 0.15) is 108 Å². The summed E-state index contributed by atoms with van der Waals surface area (Å²) in [4.78, 5) is 43.4. The fourth-order valence-corrected chi connectivity index (χ4v) is 8.85. The van der Waals surface area contributed by atoms with E-state index < -0.39 is 33.3 Å². The number of hydrogen-bond acceptors (Lipinski definition) is 8. The molecular weight excluding hydrogens is 707 g/mol. The molecule has 5 aliphatic rings. The average Bonchev–Trinajstić information content (AvgIpc) is 3.54. The van der Waals surface area contributed by atoms with Crippen molar-refractivity contribution in [2.75, 3.05) is 24.5 Å². The molecule has 12 heteroatoms. The van der Waals surface area contributed by atoms with E-state index in [0.717, 1.165) is 78.4 Å². The molecule has 2 aromatic carbocycles. The fourth-order valence-electron chi connectivity index (χ4n) is 8.35. The largest absolute Gasteiger partial charge is 0.460 e. The molecule has 1 N–H and O–H groups in total. The van der Waals surface area contributed by atoms with Crippen LogP contribution in [0.5, 0.6) is 5.75 Å². The van der Waals surface area contributed by atoms with Crippen molar-refractivity contribution >= 4 is 50.6 Å². The Morgan fingerprint density at radius 2 is 1.74 bits per heavy atom. The molecular formula is C42H50N3O8S+. The van der Waals surface area contributed by atoms with Crippen LogP contribution in [-0.4, -0.2) is 65.7 Å². The van der Waals surface area contributed by atoms with Gasteiger partial charge in [0.15, 0.2) is 5.71 Å². The third-order valence-electron chi connectivity index (χ3n) is 11.2. The summed E-state index contributed by atoms with van der Waals surface area (Å²) in [5.74, 6) is 0.267. The van der Waals surface area contributed by atoms with Gasteiger partial charge in [0.2, 0.25) is 5.69 Å². The first kappa shape index (κ1) is 37.8. The number of fused-ring (bicyclic) bond motifs is 3. The molecule has 0 saturated carbocycles. The van der Waals surface area contributed by atoms with Gasteiger partial charge in [0.25, 0.3) is 21.9 Å². The fraction of sp³-hybridized carbons (Fsp3) is 0.476. The smallest absolute Gasteiger partial charge is 0.333 e. The number of amides is 2. The Kier molecular flexibility index (Phi) is 9.97. The first-order valence-electron chi connectivity index (χ1n) is 19.1. The van der Waals surface area contributed by atoms with Crippen molar-refractivity contribution in [2.45, 2.75) is 109 Å². The van der Waals surface area contributed by atoms with Crippen molar-refractivity contribution < 1.29 is 41.5 Å². The van der Waals surface area contributed by atoms with E-state index in [1.54, 1.807) is 12.1 Å². The zero-order valence-electron chi connectivity index (χ0n) is 31.9. The molecule has 5 aliphatic heterocycles. The summed E-state index contributed by atoms with van der Waals surface area (Å²) in [7, 11) is -4.41. The van der Waals surface area contributed by atoms with Gasteiger partial charge >= 0.3 is 5.97 Å². The molecule has 1 saturated heterocycles. The molecule has 54 heavy (non-hydrogen) atoms. The molecule has 0 unspecified atom stereocenters. The summed E-state index contributed by atoms with van der Waals surface area (Å²) < 4.78 is 43.2. The molecule has 2 aromatic rings. The number of unbranched alkanes of at least 4 members (excludes halogenated alkanes) is 2. The minimum absolute atomic E-state index is 0.0494. The van der Waals surface area contributed by atoms with E-state index in [1.165, 1.54) is 22.9 Å². The van der Waals surface area contributed by atoms with Crippen molar-refractivity contribution in [3.63, 3.8) is 0 Å². The van der Waals surface area contributed by atoms with Crippen LogP contribution in [0.3, 0.4) is 0 Å². The third kappa shape index (κ3) is 7.18. The van der Waals surface area contributed by atoms with Crippen LogP contribution in [0.25, 0.3) is 5.57 Å². The number of carbonyl (C=O) groups excluding carboxylic acids is 3. The number of rotatable bonds is 10. The first-order valence-corrected chi connectivity index (χ1v) is 20.5. The van der Waals surface area contributed by atoms with Gasteiger partial charge in [-0.1, -0.05) is 32.9 Å². The number of hydroxylamine groups is 2. The summed E-state index contributed by atoms with van der Waals surface area (Å²) in [6, 6.07) is 7.05. The van der Waals surface area contributed by atoms with Crippen LogP contribution in [0.15, 0.2) is 59.2 Å². The van der Waals surface area contributed by atoms with Crippen LogP contribution in [-0.2, 0) is 47.6 Å². The predicted octanol–water partition coefficient (Wildman–Crippen LogP) is 7.14. The van der Waals surface area contributed by atoms with Crippen molar-refractivity contribution in [3.05, 3.63) is 76.6 Å². The molecule has 0 atom stereocenters. The maximum atomic E-state index is 12.4. The lowest BCUT2D eigenvalue weighted by atomic mass is 9.81. The van der Waals surface area contributed by atoms with Gasteiger partial charge in [0, 0.05) is 78.7 Å². The molecule has 0 spiro atoms. The number of nitrogens with zero attached hydrogens (tertiary/aromatic N) is 3. The lowest BCUT2D eigenvalue weighted by molar-refractivity contribution is -0.438. The van der Waals surface area contributed by atoms with Gasteiger partial charge in [-0.15, -0.1) is 5.06 Å². The standard InChI is InChI=1S/C42H49N3O8S/c1-41(2,3)35-25-27(31-24-28-13-10-21-43-22-11-14-30(39(28)43)40(31)52-35)12-9-15-34-42(4,5)32-26-29(54(49,50)51)17-18-33(32)44(34)23-8-6-7-16-38(48)53-45-36(46)19-20-37(45)47/h9,12,15,17-18,24-26H,6-8,10-11,13-14,16,19-23H2,1-5H3/p+1. The van der Waals surface area contributed by atoms with Gasteiger partial charge in [-0.3, -0.25) is 14.1 Å². The minimum Gasteiger partial charge on any atom is -0.460 e. The van der Waals surface area contributed by atoms with Gasteiger partial charge in [0.05, 0.1) is 10.3 Å². The van der Waals surface area contributed by atoms with Gasteiger partial charge in [-0.2, -0.15) is 13.0 Å². The van der Waals surface area contributed by atoms with Crippen LogP contribution in [0.2, 0.25) is 0 Å². The SMILES string of the molecule is CC(C)(C)C1=C/C(=C\C=C\C2=[N+](CCCCCC(=O)ON3C(=O)CCC3=O)c3ccc(S(=O)(=O)O)cc3C2(C)C)c2cc3c4c(c2O1)CCCN4CCC3. The Balaban J connectivity index is 1.18. The molecule has 1 fully saturated rings. The predicted molar refractivity (Wildman–Crippen MR) is 205 cm³/mol. The average molecular weight is 757 g/mol. The van der Waals surface area contributed by atoms with Crippen molar-refractivity contribution in [1.82, 2.24) is 5.06 Å². The number of carbonyl (C=O) groups is 3. The highest BCUT2D eigenvalue weighted by Gasteiger charge is 2.45. The van der Waals surface area contributed by atoms with Gasteiger partial charge in [0.1, 0.15) is 18.1 Å². The van der Waals surface area contributed by atoms with Crippen LogP contribution >= 0.6 is 0 Å². The Labute approximate surface area is 317 Å². The van der Waals surface area contributed by atoms with Gasteiger partial charge < -0.3 is 14.5 Å². The quantitative estimate of drug-likeness (QED) is 0.116. The summed E-state index contributed by atoms with van der Waals surface area (Å²) in [6.45, 7) is 13.4. The Bertz CT molecular complexity index is 2150. The lowest BCUT2D eigenvalue weighted by Crippen LogP contribution is -2.35.